The molecule has 2 heterocycles. The highest BCUT2D eigenvalue weighted by Crippen LogP contribution is 2.19. The lowest BCUT2D eigenvalue weighted by atomic mass is 10.1. The molecule has 0 aromatic carbocycles. The first-order chi connectivity index (χ1) is 9.63. The van der Waals surface area contributed by atoms with E-state index < -0.39 is 6.04 Å². The molecular formula is C13H17ClN4O2. The molecule has 1 atom stereocenters. The first kappa shape index (κ1) is 14.7. The summed E-state index contributed by atoms with van der Waals surface area (Å²) in [6.45, 7) is 3.33. The molecule has 1 saturated heterocycles. The van der Waals surface area contributed by atoms with Gasteiger partial charge in [-0.05, 0) is 26.2 Å². The van der Waals surface area contributed by atoms with Crippen molar-refractivity contribution in [1.29, 1.82) is 0 Å². The lowest BCUT2D eigenvalue weighted by Gasteiger charge is -2.29. The second kappa shape index (κ2) is 6.65. The fourth-order valence-electron chi connectivity index (χ4n) is 2.25. The molecule has 7 heteroatoms. The van der Waals surface area contributed by atoms with Crippen LogP contribution >= 0.6 is 11.6 Å². The zero-order valence-corrected chi connectivity index (χ0v) is 12.1. The Morgan fingerprint density at radius 3 is 2.75 bits per heavy atom. The van der Waals surface area contributed by atoms with Gasteiger partial charge >= 0.3 is 0 Å². The number of likely N-dealkylation sites (tertiary alicyclic amines) is 1. The van der Waals surface area contributed by atoms with Gasteiger partial charge in [-0.1, -0.05) is 11.6 Å². The highest BCUT2D eigenvalue weighted by molar-refractivity contribution is 6.32. The molecule has 1 aliphatic rings. The molecule has 0 spiro atoms. The Morgan fingerprint density at radius 1 is 1.40 bits per heavy atom. The van der Waals surface area contributed by atoms with E-state index in [1.54, 1.807) is 6.92 Å². The molecule has 6 nitrogen and oxygen atoms in total. The van der Waals surface area contributed by atoms with Crippen LogP contribution < -0.4 is 5.32 Å². The van der Waals surface area contributed by atoms with Gasteiger partial charge in [0.2, 0.25) is 5.91 Å². The largest absolute Gasteiger partial charge is 0.358 e. The number of piperidine rings is 1. The van der Waals surface area contributed by atoms with Gasteiger partial charge in [0.1, 0.15) is 23.3 Å². The molecule has 1 amide bonds. The summed E-state index contributed by atoms with van der Waals surface area (Å²) in [6.07, 6.45) is 5.09. The maximum Gasteiger partial charge on any atom is 0.244 e. The van der Waals surface area contributed by atoms with Crippen LogP contribution in [0.3, 0.4) is 0 Å². The van der Waals surface area contributed by atoms with Crippen LogP contribution in [0.5, 0.6) is 0 Å². The fourth-order valence-corrected chi connectivity index (χ4v) is 2.43. The van der Waals surface area contributed by atoms with Crippen LogP contribution in [0, 0.1) is 0 Å². The van der Waals surface area contributed by atoms with Crippen molar-refractivity contribution >= 4 is 29.6 Å². The Bertz CT molecular complexity index is 503. The number of hydrogen-bond donors (Lipinski definition) is 1. The molecule has 0 bridgehead atoms. The van der Waals surface area contributed by atoms with Gasteiger partial charge in [0.25, 0.3) is 0 Å². The van der Waals surface area contributed by atoms with Crippen molar-refractivity contribution in [3.8, 4) is 0 Å². The van der Waals surface area contributed by atoms with E-state index in [-0.39, 0.29) is 22.4 Å². The zero-order valence-electron chi connectivity index (χ0n) is 11.3. The van der Waals surface area contributed by atoms with E-state index in [0.29, 0.717) is 6.29 Å². The van der Waals surface area contributed by atoms with Crippen molar-refractivity contribution in [3.05, 3.63) is 17.0 Å². The van der Waals surface area contributed by atoms with Crippen molar-refractivity contribution < 1.29 is 9.59 Å². The van der Waals surface area contributed by atoms with Gasteiger partial charge in [-0.15, -0.1) is 0 Å². The van der Waals surface area contributed by atoms with Crippen molar-refractivity contribution in [3.63, 3.8) is 0 Å². The van der Waals surface area contributed by atoms with Gasteiger partial charge in [0.15, 0.2) is 6.29 Å². The number of halogens is 1. The number of nitrogens with one attached hydrogen (secondary N) is 1. The molecule has 1 aromatic heterocycles. The number of nitrogens with zero attached hydrogens (tertiary/aromatic N) is 3. The van der Waals surface area contributed by atoms with Gasteiger partial charge in [0, 0.05) is 13.1 Å². The summed E-state index contributed by atoms with van der Waals surface area (Å²) in [5.74, 6) is 0.300. The number of carbonyl (C=O) groups is 2. The highest BCUT2D eigenvalue weighted by atomic mass is 35.5. The van der Waals surface area contributed by atoms with E-state index in [4.69, 9.17) is 11.6 Å². The summed E-state index contributed by atoms with van der Waals surface area (Å²) in [7, 11) is 0. The molecule has 1 aromatic rings. The van der Waals surface area contributed by atoms with Crippen molar-refractivity contribution in [2.24, 2.45) is 0 Å². The third kappa shape index (κ3) is 3.25. The highest BCUT2D eigenvalue weighted by Gasteiger charge is 2.23. The average molecular weight is 297 g/mol. The number of carbonyl (C=O) groups excluding carboxylic acids is 2. The summed E-state index contributed by atoms with van der Waals surface area (Å²) in [6, 6.07) is -0.460. The molecule has 1 unspecified atom stereocenters. The Labute approximate surface area is 122 Å². The monoisotopic (exact) mass is 296 g/mol. The SMILES string of the molecule is CC(Nc1ncnc(Cl)c1C=O)C(=O)N1CCCCC1. The minimum absolute atomic E-state index is 0.0104. The molecule has 1 aliphatic heterocycles. The van der Waals surface area contributed by atoms with Crippen LogP contribution in [-0.2, 0) is 4.79 Å². The molecule has 20 heavy (non-hydrogen) atoms. The van der Waals surface area contributed by atoms with Crippen LogP contribution in [0.4, 0.5) is 5.82 Å². The minimum Gasteiger partial charge on any atom is -0.358 e. The Balaban J connectivity index is 2.07. The number of aldehydes is 1. The maximum absolute atomic E-state index is 12.3. The summed E-state index contributed by atoms with van der Waals surface area (Å²) in [5.41, 5.74) is 0.174. The van der Waals surface area contributed by atoms with Crippen LogP contribution in [0.2, 0.25) is 5.15 Å². The number of aromatic nitrogens is 2. The summed E-state index contributed by atoms with van der Waals surface area (Å²) >= 11 is 5.82. The summed E-state index contributed by atoms with van der Waals surface area (Å²) in [4.78, 5) is 32.8. The van der Waals surface area contributed by atoms with Crippen molar-refractivity contribution in [2.45, 2.75) is 32.2 Å². The van der Waals surface area contributed by atoms with Gasteiger partial charge < -0.3 is 10.2 Å². The molecular weight excluding hydrogens is 280 g/mol. The van der Waals surface area contributed by atoms with Crippen molar-refractivity contribution in [2.75, 3.05) is 18.4 Å². The van der Waals surface area contributed by atoms with E-state index in [0.717, 1.165) is 25.9 Å². The van der Waals surface area contributed by atoms with Gasteiger partial charge in [-0.2, -0.15) is 0 Å². The van der Waals surface area contributed by atoms with E-state index in [9.17, 15) is 9.59 Å². The predicted molar refractivity (Wildman–Crippen MR) is 75.9 cm³/mol. The van der Waals surface area contributed by atoms with E-state index >= 15 is 0 Å². The lowest BCUT2D eigenvalue weighted by molar-refractivity contribution is -0.132. The maximum atomic E-state index is 12.3. The van der Waals surface area contributed by atoms with Gasteiger partial charge in [-0.25, -0.2) is 9.97 Å². The predicted octanol–water partition coefficient (Wildman–Crippen LogP) is 1.76. The average Bonchev–Trinajstić information content (AvgIpc) is 2.47. The molecule has 1 N–H and O–H groups in total. The standard InChI is InChI=1S/C13H17ClN4O2/c1-9(13(20)18-5-3-2-4-6-18)17-12-10(7-19)11(14)15-8-16-12/h7-9H,2-6H2,1H3,(H,15,16,17). The van der Waals surface area contributed by atoms with E-state index in [1.807, 2.05) is 4.90 Å². The van der Waals surface area contributed by atoms with Crippen LogP contribution in [0.15, 0.2) is 6.33 Å². The lowest BCUT2D eigenvalue weighted by Crippen LogP contribution is -2.44. The molecule has 0 aliphatic carbocycles. The van der Waals surface area contributed by atoms with E-state index in [2.05, 4.69) is 15.3 Å². The summed E-state index contributed by atoms with van der Waals surface area (Å²) < 4.78 is 0. The topological polar surface area (TPSA) is 75.2 Å². The number of amides is 1. The van der Waals surface area contributed by atoms with Gasteiger partial charge in [0.05, 0.1) is 5.56 Å². The van der Waals surface area contributed by atoms with Crippen LogP contribution in [0.1, 0.15) is 36.5 Å². The van der Waals surface area contributed by atoms with Crippen molar-refractivity contribution in [1.82, 2.24) is 14.9 Å². The normalized spacial score (nSPS) is 16.6. The molecule has 0 radical (unpaired) electrons. The number of anilines is 1. The number of rotatable bonds is 4. The van der Waals surface area contributed by atoms with E-state index in [1.165, 1.54) is 12.7 Å². The Morgan fingerprint density at radius 2 is 2.10 bits per heavy atom. The Hall–Kier alpha value is -1.69. The third-order valence-corrected chi connectivity index (χ3v) is 3.65. The second-order valence-electron chi connectivity index (χ2n) is 4.80. The zero-order chi connectivity index (χ0) is 14.5. The molecule has 108 valence electrons. The fraction of sp³-hybridized carbons (Fsp3) is 0.538. The molecule has 2 rings (SSSR count). The van der Waals surface area contributed by atoms with Crippen LogP contribution in [-0.4, -0.2) is 46.2 Å². The summed E-state index contributed by atoms with van der Waals surface area (Å²) in [5, 5.41) is 3.02. The minimum atomic E-state index is -0.460. The van der Waals surface area contributed by atoms with Crippen LogP contribution in [0.25, 0.3) is 0 Å². The first-order valence-corrected chi connectivity index (χ1v) is 7.02. The van der Waals surface area contributed by atoms with Gasteiger partial charge in [-0.3, -0.25) is 9.59 Å². The Kier molecular flexibility index (Phi) is 4.89. The first-order valence-electron chi connectivity index (χ1n) is 6.64. The molecule has 0 saturated carbocycles. The quantitative estimate of drug-likeness (QED) is 0.677. The second-order valence-corrected chi connectivity index (χ2v) is 5.15. The number of hydrogen-bond acceptors (Lipinski definition) is 5. The smallest absolute Gasteiger partial charge is 0.244 e. The third-order valence-electron chi connectivity index (χ3n) is 3.34. The molecule has 1 fully saturated rings.